The minimum Gasteiger partial charge on any atom is -0.456 e. The Morgan fingerprint density at radius 1 is 1.25 bits per heavy atom. The maximum atomic E-state index is 13.6. The number of furan rings is 1. The Bertz CT molecular complexity index is 709. The summed E-state index contributed by atoms with van der Waals surface area (Å²) in [5.74, 6) is 0.266. The summed E-state index contributed by atoms with van der Waals surface area (Å²) in [4.78, 5) is 4.07. The lowest BCUT2D eigenvalue weighted by Gasteiger charge is -2.08. The van der Waals surface area contributed by atoms with E-state index < -0.39 is 0 Å². The lowest BCUT2D eigenvalue weighted by atomic mass is 10.1. The van der Waals surface area contributed by atoms with E-state index in [1.807, 2.05) is 30.5 Å². The highest BCUT2D eigenvalue weighted by Gasteiger charge is 2.14. The number of halogens is 1. The van der Waals surface area contributed by atoms with E-state index in [0.717, 1.165) is 23.8 Å². The van der Waals surface area contributed by atoms with Gasteiger partial charge in [0.05, 0.1) is 6.04 Å². The van der Waals surface area contributed by atoms with Gasteiger partial charge in [0.15, 0.2) is 11.4 Å². The molecule has 102 valence electrons. The number of aryl methyl sites for hydroxylation is 1. The Hall–Kier alpha value is -2.20. The van der Waals surface area contributed by atoms with Gasteiger partial charge in [-0.3, -0.25) is 4.98 Å². The first-order chi connectivity index (χ1) is 9.74. The zero-order chi connectivity index (χ0) is 13.9. The predicted molar refractivity (Wildman–Crippen MR) is 75.7 cm³/mol. The van der Waals surface area contributed by atoms with Gasteiger partial charge in [0.1, 0.15) is 5.76 Å². The summed E-state index contributed by atoms with van der Waals surface area (Å²) in [7, 11) is 0. The number of hydrogen-bond acceptors (Lipinski definition) is 3. The van der Waals surface area contributed by atoms with Gasteiger partial charge in [0, 0.05) is 17.8 Å². The highest BCUT2D eigenvalue weighted by atomic mass is 19.1. The molecule has 0 saturated carbocycles. The third kappa shape index (κ3) is 2.56. The van der Waals surface area contributed by atoms with Crippen molar-refractivity contribution in [2.24, 2.45) is 5.73 Å². The normalized spacial score (nSPS) is 12.7. The fraction of sp³-hybridized carbons (Fsp3) is 0.188. The van der Waals surface area contributed by atoms with Gasteiger partial charge in [-0.25, -0.2) is 4.39 Å². The lowest BCUT2D eigenvalue weighted by molar-refractivity contribution is 0.465. The van der Waals surface area contributed by atoms with Crippen LogP contribution in [0.4, 0.5) is 4.39 Å². The highest BCUT2D eigenvalue weighted by Crippen LogP contribution is 2.26. The number of aromatic nitrogens is 1. The third-order valence-electron chi connectivity index (χ3n) is 3.35. The van der Waals surface area contributed by atoms with Crippen molar-refractivity contribution in [3.63, 3.8) is 0 Å². The fourth-order valence-electron chi connectivity index (χ4n) is 2.24. The van der Waals surface area contributed by atoms with Crippen LogP contribution in [-0.2, 0) is 6.42 Å². The molecule has 3 nitrogen and oxygen atoms in total. The molecule has 0 aliphatic carbocycles. The molecule has 0 saturated heterocycles. The fourth-order valence-corrected chi connectivity index (χ4v) is 2.24. The number of fused-ring (bicyclic) bond motifs is 1. The molecule has 2 heterocycles. The van der Waals surface area contributed by atoms with Gasteiger partial charge in [-0.2, -0.15) is 0 Å². The third-order valence-corrected chi connectivity index (χ3v) is 3.35. The van der Waals surface area contributed by atoms with Crippen molar-refractivity contribution in [1.82, 2.24) is 4.98 Å². The van der Waals surface area contributed by atoms with Crippen molar-refractivity contribution in [2.75, 3.05) is 0 Å². The SMILES string of the molecule is NC(CCc1cccnc1)c1cc2cccc(F)c2o1. The van der Waals surface area contributed by atoms with Crippen molar-refractivity contribution >= 4 is 11.0 Å². The van der Waals surface area contributed by atoms with E-state index in [9.17, 15) is 4.39 Å². The van der Waals surface area contributed by atoms with E-state index in [4.69, 9.17) is 10.2 Å². The van der Waals surface area contributed by atoms with Crippen LogP contribution in [0.3, 0.4) is 0 Å². The van der Waals surface area contributed by atoms with Gasteiger partial charge in [0.2, 0.25) is 0 Å². The maximum Gasteiger partial charge on any atom is 0.169 e. The zero-order valence-electron chi connectivity index (χ0n) is 10.9. The molecule has 3 rings (SSSR count). The van der Waals surface area contributed by atoms with Gasteiger partial charge >= 0.3 is 0 Å². The molecule has 0 aliphatic rings. The quantitative estimate of drug-likeness (QED) is 0.788. The number of para-hydroxylation sites is 1. The summed E-state index contributed by atoms with van der Waals surface area (Å²) in [6.45, 7) is 0. The first-order valence-corrected chi connectivity index (χ1v) is 6.56. The summed E-state index contributed by atoms with van der Waals surface area (Å²) in [6.07, 6.45) is 5.11. The largest absolute Gasteiger partial charge is 0.456 e. The van der Waals surface area contributed by atoms with E-state index in [0.29, 0.717) is 5.76 Å². The lowest BCUT2D eigenvalue weighted by Crippen LogP contribution is -2.10. The molecule has 0 radical (unpaired) electrons. The number of rotatable bonds is 4. The Morgan fingerprint density at radius 2 is 2.15 bits per heavy atom. The van der Waals surface area contributed by atoms with Gasteiger partial charge in [-0.05, 0) is 36.6 Å². The molecular formula is C16H15FN2O. The van der Waals surface area contributed by atoms with Crippen molar-refractivity contribution in [1.29, 1.82) is 0 Å². The van der Waals surface area contributed by atoms with Crippen LogP contribution >= 0.6 is 0 Å². The highest BCUT2D eigenvalue weighted by molar-refractivity contribution is 5.78. The molecule has 20 heavy (non-hydrogen) atoms. The molecule has 2 aromatic heterocycles. The molecule has 2 N–H and O–H groups in total. The minimum atomic E-state index is -0.354. The van der Waals surface area contributed by atoms with Crippen LogP contribution in [0.1, 0.15) is 23.8 Å². The average molecular weight is 270 g/mol. The molecule has 1 unspecified atom stereocenters. The van der Waals surface area contributed by atoms with Crippen LogP contribution in [-0.4, -0.2) is 4.98 Å². The van der Waals surface area contributed by atoms with Crippen LogP contribution in [0.25, 0.3) is 11.0 Å². The Balaban J connectivity index is 1.75. The summed E-state index contributed by atoms with van der Waals surface area (Å²) in [6, 6.07) is 10.3. The second-order valence-corrected chi connectivity index (χ2v) is 4.81. The van der Waals surface area contributed by atoms with Gasteiger partial charge in [0.25, 0.3) is 0 Å². The van der Waals surface area contributed by atoms with Gasteiger partial charge in [-0.15, -0.1) is 0 Å². The van der Waals surface area contributed by atoms with Gasteiger partial charge < -0.3 is 10.2 Å². The average Bonchev–Trinajstić information content (AvgIpc) is 2.91. The first kappa shape index (κ1) is 12.8. The van der Waals surface area contributed by atoms with E-state index in [1.54, 1.807) is 12.3 Å². The second kappa shape index (κ2) is 5.43. The zero-order valence-corrected chi connectivity index (χ0v) is 10.9. The Morgan fingerprint density at radius 3 is 2.90 bits per heavy atom. The monoisotopic (exact) mass is 270 g/mol. The molecule has 1 atom stereocenters. The molecule has 0 spiro atoms. The van der Waals surface area contributed by atoms with Crippen molar-refractivity contribution < 1.29 is 8.81 Å². The van der Waals surface area contributed by atoms with Crippen molar-refractivity contribution in [2.45, 2.75) is 18.9 Å². The van der Waals surface area contributed by atoms with Crippen LogP contribution in [0.2, 0.25) is 0 Å². The van der Waals surface area contributed by atoms with Crippen molar-refractivity contribution in [3.05, 3.63) is 65.9 Å². The van der Waals surface area contributed by atoms with Crippen LogP contribution in [0.5, 0.6) is 0 Å². The van der Waals surface area contributed by atoms with E-state index in [1.165, 1.54) is 6.07 Å². The molecule has 4 heteroatoms. The number of pyridine rings is 1. The van der Waals surface area contributed by atoms with Crippen LogP contribution in [0.15, 0.2) is 53.2 Å². The van der Waals surface area contributed by atoms with E-state index in [-0.39, 0.29) is 17.4 Å². The molecule has 1 aromatic carbocycles. The summed E-state index contributed by atoms with van der Waals surface area (Å²) >= 11 is 0. The smallest absolute Gasteiger partial charge is 0.169 e. The number of hydrogen-bond donors (Lipinski definition) is 1. The standard InChI is InChI=1S/C16H15FN2O/c17-13-5-1-4-12-9-15(20-16(12)13)14(18)7-6-11-3-2-8-19-10-11/h1-5,8-10,14H,6-7,18H2. The van der Waals surface area contributed by atoms with Crippen LogP contribution in [0, 0.1) is 5.82 Å². The van der Waals surface area contributed by atoms with E-state index in [2.05, 4.69) is 4.98 Å². The maximum absolute atomic E-state index is 13.6. The molecule has 0 aliphatic heterocycles. The predicted octanol–water partition coefficient (Wildman–Crippen LogP) is 3.60. The molecule has 0 amide bonds. The first-order valence-electron chi connectivity index (χ1n) is 6.56. The van der Waals surface area contributed by atoms with Gasteiger partial charge in [-0.1, -0.05) is 18.2 Å². The Kier molecular flexibility index (Phi) is 3.48. The topological polar surface area (TPSA) is 52.0 Å². The molecule has 3 aromatic rings. The summed E-state index contributed by atoms with van der Waals surface area (Å²) < 4.78 is 19.1. The van der Waals surface area contributed by atoms with Crippen molar-refractivity contribution in [3.8, 4) is 0 Å². The summed E-state index contributed by atoms with van der Waals surface area (Å²) in [5, 5.41) is 0.747. The number of benzene rings is 1. The minimum absolute atomic E-state index is 0.248. The van der Waals surface area contributed by atoms with Crippen LogP contribution < -0.4 is 5.73 Å². The molecule has 0 fully saturated rings. The Labute approximate surface area is 116 Å². The molecular weight excluding hydrogens is 255 g/mol. The number of nitrogens with zero attached hydrogens (tertiary/aromatic N) is 1. The van der Waals surface area contributed by atoms with E-state index >= 15 is 0 Å². The summed E-state index contributed by atoms with van der Waals surface area (Å²) in [5.41, 5.74) is 7.53. The second-order valence-electron chi connectivity index (χ2n) is 4.81. The molecule has 0 bridgehead atoms. The number of nitrogens with two attached hydrogens (primary N) is 1.